The number of aromatic amines is 1. The van der Waals surface area contributed by atoms with Gasteiger partial charge in [0.1, 0.15) is 23.4 Å². The Morgan fingerprint density at radius 1 is 1.19 bits per heavy atom. The maximum Gasteiger partial charge on any atom is 0.246 e. The minimum atomic E-state index is -0.0422. The summed E-state index contributed by atoms with van der Waals surface area (Å²) in [6.45, 7) is 8.19. The average Bonchev–Trinajstić information content (AvgIpc) is 3.29. The first-order chi connectivity index (χ1) is 15.5. The van der Waals surface area contributed by atoms with E-state index in [2.05, 4.69) is 47.6 Å². The number of carbonyl (C=O) groups excluding carboxylic acids is 1. The van der Waals surface area contributed by atoms with E-state index in [1.165, 1.54) is 6.08 Å². The molecule has 9 heteroatoms. The maximum atomic E-state index is 11.9. The standard InChI is InChI=1S/C23H21BrN6O2/c1-3-20(31)29-6-8-30(9-7-29)23-16-10-15(24)11-19(21(16)25-13-26-23)32-22-14(2)4-5-18-17(22)12-27-28-18/h3-5,10-13H,1,6-9H2,2H3,(H,27,28). The Kier molecular flexibility index (Phi) is 5.26. The van der Waals surface area contributed by atoms with E-state index in [0.717, 1.165) is 43.4 Å². The first-order valence-corrected chi connectivity index (χ1v) is 11.1. The van der Waals surface area contributed by atoms with Gasteiger partial charge in [-0.05, 0) is 36.8 Å². The van der Waals surface area contributed by atoms with Gasteiger partial charge in [-0.2, -0.15) is 5.10 Å². The molecule has 32 heavy (non-hydrogen) atoms. The van der Waals surface area contributed by atoms with Crippen LogP contribution in [0.25, 0.3) is 21.8 Å². The lowest BCUT2D eigenvalue weighted by Gasteiger charge is -2.35. The molecule has 5 rings (SSSR count). The molecule has 3 heterocycles. The number of aryl methyl sites for hydroxylation is 1. The molecular formula is C23H21BrN6O2. The molecule has 1 fully saturated rings. The molecule has 0 unspecified atom stereocenters. The molecule has 1 aliphatic rings. The van der Waals surface area contributed by atoms with Crippen LogP contribution in [0.3, 0.4) is 0 Å². The summed E-state index contributed by atoms with van der Waals surface area (Å²) in [7, 11) is 0. The number of ether oxygens (including phenoxy) is 1. The second-order valence-electron chi connectivity index (χ2n) is 7.66. The summed E-state index contributed by atoms with van der Waals surface area (Å²) >= 11 is 3.62. The smallest absolute Gasteiger partial charge is 0.246 e. The van der Waals surface area contributed by atoms with E-state index in [1.54, 1.807) is 17.4 Å². The van der Waals surface area contributed by atoms with E-state index in [-0.39, 0.29) is 5.91 Å². The summed E-state index contributed by atoms with van der Waals surface area (Å²) in [4.78, 5) is 25.0. The minimum absolute atomic E-state index is 0.0422. The van der Waals surface area contributed by atoms with Crippen molar-refractivity contribution in [3.05, 3.63) is 59.5 Å². The Bertz CT molecular complexity index is 1340. The second-order valence-corrected chi connectivity index (χ2v) is 8.57. The molecule has 0 bridgehead atoms. The van der Waals surface area contributed by atoms with Gasteiger partial charge in [0.25, 0.3) is 0 Å². The van der Waals surface area contributed by atoms with E-state index in [0.29, 0.717) is 31.9 Å². The van der Waals surface area contributed by atoms with Gasteiger partial charge in [0.05, 0.1) is 17.1 Å². The van der Waals surface area contributed by atoms with Gasteiger partial charge >= 0.3 is 0 Å². The molecule has 1 saturated heterocycles. The van der Waals surface area contributed by atoms with Crippen LogP contribution in [-0.4, -0.2) is 57.2 Å². The van der Waals surface area contributed by atoms with E-state index in [1.807, 2.05) is 31.2 Å². The number of hydrogen-bond donors (Lipinski definition) is 1. The summed E-state index contributed by atoms with van der Waals surface area (Å²) in [6, 6.07) is 7.91. The van der Waals surface area contributed by atoms with Crippen LogP contribution in [0.1, 0.15) is 5.56 Å². The molecule has 1 amide bonds. The zero-order valence-electron chi connectivity index (χ0n) is 17.5. The number of anilines is 1. The van der Waals surface area contributed by atoms with E-state index in [4.69, 9.17) is 4.74 Å². The molecule has 1 N–H and O–H groups in total. The van der Waals surface area contributed by atoms with E-state index < -0.39 is 0 Å². The fourth-order valence-electron chi connectivity index (χ4n) is 4.03. The molecule has 4 aromatic rings. The summed E-state index contributed by atoms with van der Waals surface area (Å²) in [5.74, 6) is 2.16. The highest BCUT2D eigenvalue weighted by Gasteiger charge is 2.23. The number of benzene rings is 2. The number of fused-ring (bicyclic) bond motifs is 2. The summed E-state index contributed by atoms with van der Waals surface area (Å²) in [6.07, 6.45) is 4.69. The van der Waals surface area contributed by atoms with Crippen molar-refractivity contribution in [3.8, 4) is 11.5 Å². The van der Waals surface area contributed by atoms with Gasteiger partial charge in [0.2, 0.25) is 5.91 Å². The lowest BCUT2D eigenvalue weighted by molar-refractivity contribution is -0.126. The number of hydrogen-bond acceptors (Lipinski definition) is 6. The molecule has 0 aliphatic carbocycles. The van der Waals surface area contributed by atoms with Crippen LogP contribution in [0, 0.1) is 6.92 Å². The number of aromatic nitrogens is 4. The van der Waals surface area contributed by atoms with Crippen molar-refractivity contribution in [1.29, 1.82) is 0 Å². The van der Waals surface area contributed by atoms with Gasteiger partial charge in [-0.1, -0.05) is 28.6 Å². The van der Waals surface area contributed by atoms with E-state index >= 15 is 0 Å². The number of halogens is 1. The monoisotopic (exact) mass is 492 g/mol. The number of nitrogens with one attached hydrogen (secondary N) is 1. The van der Waals surface area contributed by atoms with Gasteiger partial charge < -0.3 is 14.5 Å². The first kappa shape index (κ1) is 20.4. The quantitative estimate of drug-likeness (QED) is 0.429. The van der Waals surface area contributed by atoms with Crippen LogP contribution in [0.5, 0.6) is 11.5 Å². The number of carbonyl (C=O) groups is 1. The highest BCUT2D eigenvalue weighted by atomic mass is 79.9. The van der Waals surface area contributed by atoms with E-state index in [9.17, 15) is 4.79 Å². The number of piperazine rings is 1. The van der Waals surface area contributed by atoms with Gasteiger partial charge in [-0.3, -0.25) is 9.89 Å². The van der Waals surface area contributed by atoms with Crippen LogP contribution in [0.4, 0.5) is 5.82 Å². The Hall–Kier alpha value is -3.46. The predicted octanol–water partition coefficient (Wildman–Crippen LogP) is 4.20. The SMILES string of the molecule is C=CC(=O)N1CCN(c2ncnc3c(Oc4c(C)ccc5[nH]ncc45)cc(Br)cc23)CC1. The topological polar surface area (TPSA) is 87.2 Å². The van der Waals surface area contributed by atoms with Crippen molar-refractivity contribution < 1.29 is 9.53 Å². The number of H-pyrrole nitrogens is 1. The predicted molar refractivity (Wildman–Crippen MR) is 127 cm³/mol. The molecule has 162 valence electrons. The number of amides is 1. The summed E-state index contributed by atoms with van der Waals surface area (Å²) in [5.41, 5.74) is 2.64. The fourth-order valence-corrected chi connectivity index (χ4v) is 4.47. The van der Waals surface area contributed by atoms with Gasteiger partial charge in [0.15, 0.2) is 5.75 Å². The van der Waals surface area contributed by atoms with Crippen molar-refractivity contribution in [1.82, 2.24) is 25.1 Å². The molecule has 2 aromatic heterocycles. The zero-order chi connectivity index (χ0) is 22.2. The van der Waals surface area contributed by atoms with Gasteiger partial charge in [-0.25, -0.2) is 9.97 Å². The van der Waals surface area contributed by atoms with Crippen molar-refractivity contribution in [2.45, 2.75) is 6.92 Å². The van der Waals surface area contributed by atoms with Crippen molar-refractivity contribution >= 4 is 49.5 Å². The lowest BCUT2D eigenvalue weighted by Crippen LogP contribution is -2.48. The molecule has 0 spiro atoms. The third kappa shape index (κ3) is 3.58. The van der Waals surface area contributed by atoms with Crippen LogP contribution < -0.4 is 9.64 Å². The van der Waals surface area contributed by atoms with Crippen LogP contribution in [-0.2, 0) is 4.79 Å². The largest absolute Gasteiger partial charge is 0.454 e. The molecular weight excluding hydrogens is 472 g/mol. The fraction of sp³-hybridized carbons (Fsp3) is 0.217. The van der Waals surface area contributed by atoms with Crippen LogP contribution in [0.2, 0.25) is 0 Å². The third-order valence-corrected chi connectivity index (χ3v) is 6.15. The molecule has 2 aromatic carbocycles. The Morgan fingerprint density at radius 2 is 2.00 bits per heavy atom. The van der Waals surface area contributed by atoms with Crippen LogP contribution >= 0.6 is 15.9 Å². The molecule has 8 nitrogen and oxygen atoms in total. The maximum absolute atomic E-state index is 11.9. The lowest BCUT2D eigenvalue weighted by atomic mass is 10.1. The van der Waals surface area contributed by atoms with Gasteiger partial charge in [0, 0.05) is 36.0 Å². The molecule has 0 radical (unpaired) electrons. The summed E-state index contributed by atoms with van der Waals surface area (Å²) in [5, 5.41) is 8.93. The van der Waals surface area contributed by atoms with Crippen molar-refractivity contribution in [2.75, 3.05) is 31.1 Å². The van der Waals surface area contributed by atoms with Crippen LogP contribution in [0.15, 0.2) is 53.9 Å². The van der Waals surface area contributed by atoms with Gasteiger partial charge in [-0.15, -0.1) is 0 Å². The Morgan fingerprint density at radius 3 is 2.78 bits per heavy atom. The average molecular weight is 493 g/mol. The second kappa shape index (κ2) is 8.23. The Balaban J connectivity index is 1.54. The third-order valence-electron chi connectivity index (χ3n) is 5.70. The van der Waals surface area contributed by atoms with Crippen molar-refractivity contribution in [3.63, 3.8) is 0 Å². The minimum Gasteiger partial charge on any atom is -0.454 e. The highest BCUT2D eigenvalue weighted by Crippen LogP contribution is 2.39. The summed E-state index contributed by atoms with van der Waals surface area (Å²) < 4.78 is 7.29. The molecule has 1 aliphatic heterocycles. The normalized spacial score (nSPS) is 14.2. The van der Waals surface area contributed by atoms with Crippen molar-refractivity contribution in [2.24, 2.45) is 0 Å². The number of rotatable bonds is 4. The molecule has 0 atom stereocenters. The number of nitrogens with zero attached hydrogens (tertiary/aromatic N) is 5. The Labute approximate surface area is 193 Å². The highest BCUT2D eigenvalue weighted by molar-refractivity contribution is 9.10. The zero-order valence-corrected chi connectivity index (χ0v) is 19.1. The first-order valence-electron chi connectivity index (χ1n) is 10.3. The molecule has 0 saturated carbocycles.